The minimum Gasteiger partial charge on any atom is -0.490 e. The summed E-state index contributed by atoms with van der Waals surface area (Å²) in [4.78, 5) is 14.1. The summed E-state index contributed by atoms with van der Waals surface area (Å²) in [5, 5.41) is 0. The van der Waals surface area contributed by atoms with Crippen LogP contribution in [-0.4, -0.2) is 57.0 Å². The molecule has 140 valence electrons. The van der Waals surface area contributed by atoms with Crippen LogP contribution >= 0.6 is 15.9 Å². The number of hydrogen-bond acceptors (Lipinski definition) is 5. The van der Waals surface area contributed by atoms with E-state index < -0.39 is 9.84 Å². The zero-order valence-electron chi connectivity index (χ0n) is 14.7. The van der Waals surface area contributed by atoms with Crippen LogP contribution in [0.5, 0.6) is 11.5 Å². The third kappa shape index (κ3) is 5.10. The largest absolute Gasteiger partial charge is 0.490 e. The van der Waals surface area contributed by atoms with Crippen molar-refractivity contribution in [3.05, 3.63) is 22.2 Å². The van der Waals surface area contributed by atoms with Gasteiger partial charge in [0.25, 0.3) is 0 Å². The van der Waals surface area contributed by atoms with Gasteiger partial charge in [0, 0.05) is 17.6 Å². The molecule has 0 radical (unpaired) electrons. The molecule has 8 heteroatoms. The lowest BCUT2D eigenvalue weighted by molar-refractivity contribution is -0.130. The van der Waals surface area contributed by atoms with Gasteiger partial charge in [0.05, 0.1) is 31.1 Å². The van der Waals surface area contributed by atoms with Crippen LogP contribution in [0.15, 0.2) is 16.6 Å². The van der Waals surface area contributed by atoms with Crippen molar-refractivity contribution < 1.29 is 22.7 Å². The second-order valence-corrected chi connectivity index (χ2v) is 9.08. The summed E-state index contributed by atoms with van der Waals surface area (Å²) in [7, 11) is -1.35. The lowest BCUT2D eigenvalue weighted by Crippen LogP contribution is -2.38. The second kappa shape index (κ2) is 8.40. The smallest absolute Gasteiger partial charge is 0.227 e. The van der Waals surface area contributed by atoms with Gasteiger partial charge in [0.1, 0.15) is 0 Å². The molecule has 0 bridgehead atoms. The molecule has 0 N–H and O–H groups in total. The molecular formula is C17H24BrNO5S. The zero-order chi connectivity index (χ0) is 18.6. The van der Waals surface area contributed by atoms with Crippen molar-refractivity contribution in [2.45, 2.75) is 32.7 Å². The Morgan fingerprint density at radius 3 is 2.36 bits per heavy atom. The van der Waals surface area contributed by atoms with Crippen LogP contribution in [0, 0.1) is 0 Å². The van der Waals surface area contributed by atoms with Gasteiger partial charge in [0.15, 0.2) is 21.3 Å². The maximum absolute atomic E-state index is 12.6. The molecular weight excluding hydrogens is 410 g/mol. The molecule has 25 heavy (non-hydrogen) atoms. The first-order valence-corrected chi connectivity index (χ1v) is 10.9. The van der Waals surface area contributed by atoms with Gasteiger partial charge in [-0.3, -0.25) is 4.79 Å². The normalized spacial score (nSPS) is 18.8. The molecule has 0 aromatic heterocycles. The summed E-state index contributed by atoms with van der Waals surface area (Å²) in [6.45, 7) is 4.79. The van der Waals surface area contributed by atoms with Gasteiger partial charge >= 0.3 is 0 Å². The number of amides is 1. The van der Waals surface area contributed by atoms with Crippen molar-refractivity contribution in [2.24, 2.45) is 0 Å². The van der Waals surface area contributed by atoms with E-state index in [9.17, 15) is 13.2 Å². The van der Waals surface area contributed by atoms with Gasteiger partial charge in [0.2, 0.25) is 5.91 Å². The summed E-state index contributed by atoms with van der Waals surface area (Å²) in [6.07, 6.45) is 0.666. The number of nitrogens with zero attached hydrogens (tertiary/aromatic N) is 1. The average Bonchev–Trinajstić information content (AvgIpc) is 2.91. The molecule has 1 amide bonds. The lowest BCUT2D eigenvalue weighted by Gasteiger charge is -2.24. The van der Waals surface area contributed by atoms with Gasteiger partial charge in [-0.1, -0.05) is 15.9 Å². The van der Waals surface area contributed by atoms with E-state index in [0.29, 0.717) is 31.1 Å². The molecule has 1 fully saturated rings. The molecule has 6 nitrogen and oxygen atoms in total. The topological polar surface area (TPSA) is 72.9 Å². The van der Waals surface area contributed by atoms with Crippen molar-refractivity contribution in [1.29, 1.82) is 0 Å². The van der Waals surface area contributed by atoms with Gasteiger partial charge in [-0.15, -0.1) is 0 Å². The fraction of sp³-hybridized carbons (Fsp3) is 0.588. The molecule has 1 saturated heterocycles. The van der Waals surface area contributed by atoms with Gasteiger partial charge in [-0.2, -0.15) is 0 Å². The summed E-state index contributed by atoms with van der Waals surface area (Å²) in [5.41, 5.74) is 0.782. The number of rotatable bonds is 7. The molecule has 0 saturated carbocycles. The average molecular weight is 434 g/mol. The Morgan fingerprint density at radius 1 is 1.24 bits per heavy atom. The first-order valence-electron chi connectivity index (χ1n) is 8.31. The molecule has 1 heterocycles. The van der Waals surface area contributed by atoms with Crippen LogP contribution in [0.1, 0.15) is 25.8 Å². The van der Waals surface area contributed by atoms with Gasteiger partial charge < -0.3 is 14.4 Å². The molecule has 2 rings (SSSR count). The Morgan fingerprint density at radius 2 is 1.84 bits per heavy atom. The lowest BCUT2D eigenvalue weighted by atomic mass is 10.1. The summed E-state index contributed by atoms with van der Waals surface area (Å²) < 4.78 is 35.2. The summed E-state index contributed by atoms with van der Waals surface area (Å²) in [6, 6.07) is 3.36. The predicted octanol–water partition coefficient (Wildman–Crippen LogP) is 2.43. The zero-order valence-corrected chi connectivity index (χ0v) is 17.2. The van der Waals surface area contributed by atoms with Crippen molar-refractivity contribution in [3.8, 4) is 11.5 Å². The number of likely N-dealkylation sites (N-methyl/N-ethyl adjacent to an activating group) is 1. The standard InChI is InChI=1S/C17H24BrNO5S/c1-4-23-15-8-12(14(18)10-16(15)24-5-2)9-17(20)19(3)13-6-7-25(21,22)11-13/h8,10,13H,4-7,9,11H2,1-3H3. The fourth-order valence-corrected chi connectivity index (χ4v) is 5.06. The quantitative estimate of drug-likeness (QED) is 0.659. The number of carbonyl (C=O) groups is 1. The van der Waals surface area contributed by atoms with Crippen LogP contribution in [0.4, 0.5) is 0 Å². The predicted molar refractivity (Wildman–Crippen MR) is 100 cm³/mol. The van der Waals surface area contributed by atoms with E-state index in [-0.39, 0.29) is 29.9 Å². The molecule has 1 aliphatic heterocycles. The number of halogens is 1. The van der Waals surface area contributed by atoms with Crippen LogP contribution < -0.4 is 9.47 Å². The molecule has 1 atom stereocenters. The first kappa shape index (κ1) is 20.0. The Labute approximate surface area is 157 Å². The molecule has 1 unspecified atom stereocenters. The van der Waals surface area contributed by atoms with E-state index in [1.165, 1.54) is 0 Å². The van der Waals surface area contributed by atoms with Crippen LogP contribution in [0.3, 0.4) is 0 Å². The van der Waals surface area contributed by atoms with Crippen molar-refractivity contribution in [1.82, 2.24) is 4.90 Å². The third-order valence-electron chi connectivity index (χ3n) is 4.20. The highest BCUT2D eigenvalue weighted by molar-refractivity contribution is 9.10. The Bertz CT molecular complexity index is 735. The Kier molecular flexibility index (Phi) is 6.73. The third-order valence-corrected chi connectivity index (χ3v) is 6.69. The SMILES string of the molecule is CCOc1cc(Br)c(CC(=O)N(C)C2CCS(=O)(=O)C2)cc1OCC. The highest BCUT2D eigenvalue weighted by Crippen LogP contribution is 2.34. The van der Waals surface area contributed by atoms with E-state index in [2.05, 4.69) is 15.9 Å². The van der Waals surface area contributed by atoms with E-state index in [4.69, 9.17) is 9.47 Å². The van der Waals surface area contributed by atoms with E-state index in [1.807, 2.05) is 13.8 Å². The van der Waals surface area contributed by atoms with Crippen molar-refractivity contribution >= 4 is 31.7 Å². The number of ether oxygens (including phenoxy) is 2. The molecule has 1 aromatic rings. The Balaban J connectivity index is 2.15. The number of carbonyl (C=O) groups excluding carboxylic acids is 1. The highest BCUT2D eigenvalue weighted by atomic mass is 79.9. The maximum Gasteiger partial charge on any atom is 0.227 e. The summed E-state index contributed by atoms with van der Waals surface area (Å²) in [5.74, 6) is 1.30. The van der Waals surface area contributed by atoms with Crippen LogP contribution in [-0.2, 0) is 21.1 Å². The van der Waals surface area contributed by atoms with Crippen LogP contribution in [0.25, 0.3) is 0 Å². The number of sulfone groups is 1. The Hall–Kier alpha value is -1.28. The number of hydrogen-bond donors (Lipinski definition) is 0. The molecule has 1 aliphatic rings. The number of benzene rings is 1. The van der Waals surface area contributed by atoms with E-state index in [1.54, 1.807) is 24.1 Å². The monoisotopic (exact) mass is 433 g/mol. The summed E-state index contributed by atoms with van der Waals surface area (Å²) >= 11 is 3.48. The van der Waals surface area contributed by atoms with Gasteiger partial charge in [-0.05, 0) is 38.0 Å². The van der Waals surface area contributed by atoms with E-state index >= 15 is 0 Å². The second-order valence-electron chi connectivity index (χ2n) is 5.99. The minimum absolute atomic E-state index is 0.0455. The first-order chi connectivity index (χ1) is 11.8. The maximum atomic E-state index is 12.6. The molecule has 1 aromatic carbocycles. The van der Waals surface area contributed by atoms with Gasteiger partial charge in [-0.25, -0.2) is 8.42 Å². The molecule has 0 spiro atoms. The van der Waals surface area contributed by atoms with Crippen molar-refractivity contribution in [3.63, 3.8) is 0 Å². The van der Waals surface area contributed by atoms with Crippen molar-refractivity contribution in [2.75, 3.05) is 31.8 Å². The highest BCUT2D eigenvalue weighted by Gasteiger charge is 2.32. The minimum atomic E-state index is -3.02. The molecule has 0 aliphatic carbocycles. The van der Waals surface area contributed by atoms with Crippen LogP contribution in [0.2, 0.25) is 0 Å². The fourth-order valence-electron chi connectivity index (χ4n) is 2.82. The van der Waals surface area contributed by atoms with E-state index in [0.717, 1.165) is 10.0 Å².